The molecule has 0 aliphatic carbocycles. The lowest BCUT2D eigenvalue weighted by Crippen LogP contribution is -1.73. The Morgan fingerprint density at radius 3 is 2.44 bits per heavy atom. The maximum atomic E-state index is 10.1. The van der Waals surface area contributed by atoms with Crippen molar-refractivity contribution in [3.05, 3.63) is 59.5 Å². The average Bonchev–Trinajstić information content (AvgIpc) is 2.75. The Labute approximate surface area is 109 Å². The first-order valence-electron chi connectivity index (χ1n) is 5.64. The van der Waals surface area contributed by atoms with Gasteiger partial charge in [-0.05, 0) is 24.3 Å². The van der Waals surface area contributed by atoms with Gasteiger partial charge in [-0.3, -0.25) is 4.99 Å². The minimum atomic E-state index is 0.315. The van der Waals surface area contributed by atoms with E-state index in [-0.39, 0.29) is 0 Å². The molecule has 0 fully saturated rings. The van der Waals surface area contributed by atoms with Gasteiger partial charge in [0.25, 0.3) is 0 Å². The molecule has 0 saturated heterocycles. The van der Waals surface area contributed by atoms with Gasteiger partial charge in [0.15, 0.2) is 0 Å². The van der Waals surface area contributed by atoms with Crippen molar-refractivity contribution in [3.8, 4) is 5.75 Å². The van der Waals surface area contributed by atoms with Gasteiger partial charge in [0, 0.05) is 16.3 Å². The van der Waals surface area contributed by atoms with Gasteiger partial charge in [-0.15, -0.1) is 11.3 Å². The van der Waals surface area contributed by atoms with Gasteiger partial charge >= 0.3 is 0 Å². The van der Waals surface area contributed by atoms with E-state index in [2.05, 4.69) is 4.99 Å². The van der Waals surface area contributed by atoms with Crippen molar-refractivity contribution >= 4 is 33.3 Å². The summed E-state index contributed by atoms with van der Waals surface area (Å²) in [4.78, 5) is 5.15. The molecular weight excluding hydrogens is 242 g/mol. The third-order valence-corrected chi connectivity index (χ3v) is 3.78. The lowest BCUT2D eigenvalue weighted by Gasteiger charge is -1.92. The van der Waals surface area contributed by atoms with Crippen LogP contribution in [0.3, 0.4) is 0 Å². The first-order chi connectivity index (χ1) is 8.84. The summed E-state index contributed by atoms with van der Waals surface area (Å²) in [6.45, 7) is 0. The Kier molecular flexibility index (Phi) is 2.82. The van der Waals surface area contributed by atoms with E-state index in [9.17, 15) is 5.11 Å². The second-order valence-electron chi connectivity index (χ2n) is 3.90. The van der Waals surface area contributed by atoms with E-state index in [0.29, 0.717) is 5.75 Å². The van der Waals surface area contributed by atoms with Crippen LogP contribution in [0.15, 0.2) is 59.6 Å². The molecule has 0 radical (unpaired) electrons. The second kappa shape index (κ2) is 4.63. The molecule has 0 amide bonds. The number of hydrogen-bond donors (Lipinski definition) is 1. The molecule has 3 aromatic rings. The zero-order valence-electron chi connectivity index (χ0n) is 9.58. The second-order valence-corrected chi connectivity index (χ2v) is 4.99. The van der Waals surface area contributed by atoms with Crippen LogP contribution < -0.4 is 0 Å². The van der Waals surface area contributed by atoms with Gasteiger partial charge in [0.2, 0.25) is 0 Å². The number of fused-ring (bicyclic) bond motifs is 1. The normalized spacial score (nSPS) is 11.3. The van der Waals surface area contributed by atoms with E-state index < -0.39 is 0 Å². The predicted molar refractivity (Wildman–Crippen MR) is 77.2 cm³/mol. The van der Waals surface area contributed by atoms with Crippen LogP contribution in [0, 0.1) is 0 Å². The van der Waals surface area contributed by atoms with E-state index in [1.54, 1.807) is 17.6 Å². The van der Waals surface area contributed by atoms with Gasteiger partial charge in [0.05, 0.1) is 10.6 Å². The van der Waals surface area contributed by atoms with Crippen molar-refractivity contribution in [3.63, 3.8) is 0 Å². The number of thiophene rings is 1. The zero-order valence-corrected chi connectivity index (χ0v) is 10.4. The summed E-state index contributed by atoms with van der Waals surface area (Å²) in [5.74, 6) is 0.315. The van der Waals surface area contributed by atoms with Crippen molar-refractivity contribution in [1.82, 2.24) is 0 Å². The fourth-order valence-electron chi connectivity index (χ4n) is 1.79. The molecule has 3 heteroatoms. The van der Waals surface area contributed by atoms with Crippen molar-refractivity contribution in [2.75, 3.05) is 0 Å². The highest BCUT2D eigenvalue weighted by molar-refractivity contribution is 7.21. The molecule has 0 spiro atoms. The molecule has 88 valence electrons. The van der Waals surface area contributed by atoms with E-state index in [4.69, 9.17) is 0 Å². The molecule has 0 unspecified atom stereocenters. The summed E-state index contributed by atoms with van der Waals surface area (Å²) in [5.41, 5.74) is 0.884. The van der Waals surface area contributed by atoms with Crippen LogP contribution in [0.1, 0.15) is 4.88 Å². The molecule has 1 aromatic heterocycles. The van der Waals surface area contributed by atoms with Gasteiger partial charge in [-0.2, -0.15) is 0 Å². The Bertz CT molecular complexity index is 701. The molecule has 1 heterocycles. The maximum absolute atomic E-state index is 10.1. The number of hydrogen-bond acceptors (Lipinski definition) is 3. The smallest absolute Gasteiger partial charge is 0.142 e. The standard InChI is InChI=1S/C15H11NOS/c17-15-12-8-4-5-9-13(12)18-14(15)10-16-11-6-2-1-3-7-11/h1-10,17H. The summed E-state index contributed by atoms with van der Waals surface area (Å²) < 4.78 is 1.07. The first-order valence-corrected chi connectivity index (χ1v) is 6.46. The molecule has 0 bridgehead atoms. The highest BCUT2D eigenvalue weighted by atomic mass is 32.1. The molecule has 3 rings (SSSR count). The van der Waals surface area contributed by atoms with Crippen LogP contribution >= 0.6 is 11.3 Å². The van der Waals surface area contributed by atoms with E-state index >= 15 is 0 Å². The molecule has 18 heavy (non-hydrogen) atoms. The summed E-state index contributed by atoms with van der Waals surface area (Å²) in [6, 6.07) is 17.5. The van der Waals surface area contributed by atoms with Gasteiger partial charge in [-0.25, -0.2) is 0 Å². The summed E-state index contributed by atoms with van der Waals surface area (Å²) in [5, 5.41) is 11.0. The van der Waals surface area contributed by atoms with E-state index in [1.165, 1.54) is 0 Å². The molecular formula is C15H11NOS. The molecule has 0 atom stereocenters. The molecule has 0 aliphatic heterocycles. The van der Waals surface area contributed by atoms with Crippen LogP contribution in [0.4, 0.5) is 5.69 Å². The van der Waals surface area contributed by atoms with Crippen LogP contribution in [0.5, 0.6) is 5.75 Å². The number of nitrogens with zero attached hydrogens (tertiary/aromatic N) is 1. The molecule has 2 nitrogen and oxygen atoms in total. The number of aliphatic imine (C=N–C) groups is 1. The lowest BCUT2D eigenvalue weighted by molar-refractivity contribution is 0.483. The highest BCUT2D eigenvalue weighted by Crippen LogP contribution is 2.35. The topological polar surface area (TPSA) is 32.6 Å². The van der Waals surface area contributed by atoms with Crippen molar-refractivity contribution in [2.24, 2.45) is 4.99 Å². The van der Waals surface area contributed by atoms with Gasteiger partial charge < -0.3 is 5.11 Å². The largest absolute Gasteiger partial charge is 0.506 e. The van der Waals surface area contributed by atoms with Crippen LogP contribution in [0.2, 0.25) is 0 Å². The zero-order chi connectivity index (χ0) is 12.4. The molecule has 2 aromatic carbocycles. The Morgan fingerprint density at radius 1 is 0.944 bits per heavy atom. The van der Waals surface area contributed by atoms with Gasteiger partial charge in [0.1, 0.15) is 5.75 Å². The van der Waals surface area contributed by atoms with Crippen molar-refractivity contribution in [2.45, 2.75) is 0 Å². The summed E-state index contributed by atoms with van der Waals surface area (Å²) in [7, 11) is 0. The van der Waals surface area contributed by atoms with Crippen LogP contribution in [-0.2, 0) is 0 Å². The SMILES string of the molecule is Oc1c(C=Nc2ccccc2)sc2ccccc12. The minimum Gasteiger partial charge on any atom is -0.506 e. The maximum Gasteiger partial charge on any atom is 0.142 e. The molecule has 0 saturated carbocycles. The summed E-state index contributed by atoms with van der Waals surface area (Å²) >= 11 is 1.54. The third-order valence-electron chi connectivity index (χ3n) is 2.68. The number of aromatic hydroxyl groups is 1. The monoisotopic (exact) mass is 253 g/mol. The lowest BCUT2D eigenvalue weighted by atomic mass is 10.2. The average molecular weight is 253 g/mol. The van der Waals surface area contributed by atoms with Crippen molar-refractivity contribution < 1.29 is 5.11 Å². The minimum absolute atomic E-state index is 0.315. The summed E-state index contributed by atoms with van der Waals surface area (Å²) in [6.07, 6.45) is 1.72. The van der Waals surface area contributed by atoms with E-state index in [0.717, 1.165) is 20.7 Å². The van der Waals surface area contributed by atoms with E-state index in [1.807, 2.05) is 54.6 Å². The Hall–Kier alpha value is -2.13. The van der Waals surface area contributed by atoms with Crippen LogP contribution in [0.25, 0.3) is 10.1 Å². The third kappa shape index (κ3) is 2.00. The first kappa shape index (κ1) is 11.0. The van der Waals surface area contributed by atoms with Gasteiger partial charge in [-0.1, -0.05) is 30.3 Å². The fourth-order valence-corrected chi connectivity index (χ4v) is 2.76. The van der Waals surface area contributed by atoms with Crippen molar-refractivity contribution in [1.29, 1.82) is 0 Å². The predicted octanol–water partition coefficient (Wildman–Crippen LogP) is 4.36. The Morgan fingerprint density at radius 2 is 1.67 bits per heavy atom. The Balaban J connectivity index is 2.00. The highest BCUT2D eigenvalue weighted by Gasteiger charge is 2.08. The fraction of sp³-hybridized carbons (Fsp3) is 0. The number of rotatable bonds is 2. The number of benzene rings is 2. The molecule has 1 N–H and O–H groups in total. The quantitative estimate of drug-likeness (QED) is 0.676. The van der Waals surface area contributed by atoms with Crippen LogP contribution in [-0.4, -0.2) is 11.3 Å². The number of para-hydroxylation sites is 1. The molecule has 0 aliphatic rings.